The van der Waals surface area contributed by atoms with Gasteiger partial charge in [0.05, 0.1) is 18.9 Å². The fourth-order valence-corrected chi connectivity index (χ4v) is 6.19. The smallest absolute Gasteiger partial charge is 0.321 e. The van der Waals surface area contributed by atoms with Gasteiger partial charge in [-0.1, -0.05) is 48.9 Å². The Bertz CT molecular complexity index is 1200. The van der Waals surface area contributed by atoms with Gasteiger partial charge < -0.3 is 19.9 Å². The molecule has 0 bridgehead atoms. The highest BCUT2D eigenvalue weighted by atomic mass is 35.5. The van der Waals surface area contributed by atoms with Crippen LogP contribution in [0, 0.1) is 6.92 Å². The Balaban J connectivity index is 1.74. The molecule has 0 radical (unpaired) electrons. The van der Waals surface area contributed by atoms with Crippen molar-refractivity contribution >= 4 is 39.2 Å². The zero-order valence-electron chi connectivity index (χ0n) is 22.9. The molecule has 2 aromatic carbocycles. The number of urea groups is 1. The average Bonchev–Trinajstić information content (AvgIpc) is 2.91. The predicted octanol–water partition coefficient (Wildman–Crippen LogP) is 4.36. The van der Waals surface area contributed by atoms with Crippen molar-refractivity contribution in [2.45, 2.75) is 45.7 Å². The lowest BCUT2D eigenvalue weighted by Crippen LogP contribution is -2.52. The van der Waals surface area contributed by atoms with Crippen LogP contribution in [0.25, 0.3) is 0 Å². The standard InChI is InChI=1S/C28H39ClN4O5S/c1-4-19-39(36,37)32(17-18-38-3)21-27(34)33(20-23-9-11-24(29)12-10-23)25-13-15-31(16-14-25)28(35)30-26-8-6-5-7-22(26)2/h5-12,25H,4,13-21H2,1-3H3,(H,30,35). The van der Waals surface area contributed by atoms with Crippen molar-refractivity contribution in [2.75, 3.05) is 51.0 Å². The fraction of sp³-hybridized carbons (Fsp3) is 0.500. The van der Waals surface area contributed by atoms with Crippen LogP contribution in [0.15, 0.2) is 48.5 Å². The van der Waals surface area contributed by atoms with Crippen molar-refractivity contribution in [3.05, 3.63) is 64.7 Å². The van der Waals surface area contributed by atoms with Gasteiger partial charge in [0, 0.05) is 50.0 Å². The van der Waals surface area contributed by atoms with E-state index in [1.807, 2.05) is 43.3 Å². The molecule has 3 rings (SSSR count). The molecule has 0 spiro atoms. The normalized spacial score (nSPS) is 14.4. The van der Waals surface area contributed by atoms with Gasteiger partial charge in [-0.15, -0.1) is 0 Å². The summed E-state index contributed by atoms with van der Waals surface area (Å²) in [5.41, 5.74) is 2.65. The number of methoxy groups -OCH3 is 1. The van der Waals surface area contributed by atoms with E-state index in [-0.39, 0.29) is 43.4 Å². The van der Waals surface area contributed by atoms with Crippen LogP contribution in [0.4, 0.5) is 10.5 Å². The van der Waals surface area contributed by atoms with E-state index in [2.05, 4.69) is 5.32 Å². The maximum Gasteiger partial charge on any atom is 0.321 e. The minimum Gasteiger partial charge on any atom is -0.383 e. The molecule has 1 fully saturated rings. The third kappa shape index (κ3) is 8.93. The molecular formula is C28H39ClN4O5S. The van der Waals surface area contributed by atoms with Gasteiger partial charge in [-0.3, -0.25) is 4.79 Å². The highest BCUT2D eigenvalue weighted by Crippen LogP contribution is 2.22. The average molecular weight is 579 g/mol. The van der Waals surface area contributed by atoms with Crippen molar-refractivity contribution < 1.29 is 22.7 Å². The molecule has 214 valence electrons. The van der Waals surface area contributed by atoms with Crippen LogP contribution in [0.5, 0.6) is 0 Å². The van der Waals surface area contributed by atoms with Crippen LogP contribution in [0.3, 0.4) is 0 Å². The molecule has 1 aliphatic heterocycles. The summed E-state index contributed by atoms with van der Waals surface area (Å²) in [6.45, 7) is 5.07. The summed E-state index contributed by atoms with van der Waals surface area (Å²) in [5.74, 6) is -0.307. The predicted molar refractivity (Wildman–Crippen MR) is 154 cm³/mol. The number of benzene rings is 2. The molecule has 0 aliphatic carbocycles. The van der Waals surface area contributed by atoms with E-state index in [0.717, 1.165) is 16.8 Å². The Kier molecular flexibility index (Phi) is 11.6. The van der Waals surface area contributed by atoms with Gasteiger partial charge in [0.2, 0.25) is 15.9 Å². The maximum absolute atomic E-state index is 13.7. The third-order valence-corrected chi connectivity index (χ3v) is 9.15. The number of nitrogens with one attached hydrogen (secondary N) is 1. The number of para-hydroxylation sites is 1. The van der Waals surface area contributed by atoms with E-state index in [1.54, 1.807) is 28.9 Å². The molecule has 1 N–H and O–H groups in total. The van der Waals surface area contributed by atoms with Gasteiger partial charge in [-0.05, 0) is 55.5 Å². The molecule has 0 atom stereocenters. The molecule has 0 saturated carbocycles. The van der Waals surface area contributed by atoms with E-state index in [0.29, 0.717) is 43.9 Å². The van der Waals surface area contributed by atoms with Gasteiger partial charge in [-0.25, -0.2) is 13.2 Å². The number of carbonyl (C=O) groups excluding carboxylic acids is 2. The van der Waals surface area contributed by atoms with E-state index >= 15 is 0 Å². The molecule has 9 nitrogen and oxygen atoms in total. The fourth-order valence-electron chi connectivity index (χ4n) is 4.63. The second kappa shape index (κ2) is 14.6. The lowest BCUT2D eigenvalue weighted by Gasteiger charge is -2.39. The number of sulfonamides is 1. The topological polar surface area (TPSA) is 99.3 Å². The Morgan fingerprint density at radius 1 is 1.10 bits per heavy atom. The van der Waals surface area contributed by atoms with Crippen LogP contribution in [0.1, 0.15) is 37.3 Å². The summed E-state index contributed by atoms with van der Waals surface area (Å²) in [4.78, 5) is 30.1. The van der Waals surface area contributed by atoms with Gasteiger partial charge >= 0.3 is 6.03 Å². The summed E-state index contributed by atoms with van der Waals surface area (Å²) < 4.78 is 32.1. The minimum absolute atomic E-state index is 0.0322. The highest BCUT2D eigenvalue weighted by Gasteiger charge is 2.32. The van der Waals surface area contributed by atoms with Crippen molar-refractivity contribution in [2.24, 2.45) is 0 Å². The Morgan fingerprint density at radius 3 is 2.38 bits per heavy atom. The van der Waals surface area contributed by atoms with Crippen LogP contribution in [0.2, 0.25) is 5.02 Å². The Labute approximate surface area is 237 Å². The number of ether oxygens (including phenoxy) is 1. The van der Waals surface area contributed by atoms with Crippen LogP contribution < -0.4 is 5.32 Å². The SMILES string of the molecule is CCCS(=O)(=O)N(CCOC)CC(=O)N(Cc1ccc(Cl)cc1)C1CCN(C(=O)Nc2ccccc2C)CC1. The number of hydrogen-bond acceptors (Lipinski definition) is 5. The molecular weight excluding hydrogens is 540 g/mol. The Morgan fingerprint density at radius 2 is 1.77 bits per heavy atom. The summed E-state index contributed by atoms with van der Waals surface area (Å²) in [5, 5.41) is 3.57. The molecule has 11 heteroatoms. The summed E-state index contributed by atoms with van der Waals surface area (Å²) in [7, 11) is -2.11. The number of piperidine rings is 1. The van der Waals surface area contributed by atoms with Crippen LogP contribution in [-0.4, -0.2) is 86.2 Å². The Hall–Kier alpha value is -2.66. The zero-order chi connectivity index (χ0) is 28.4. The third-order valence-electron chi connectivity index (χ3n) is 6.88. The van der Waals surface area contributed by atoms with Gasteiger partial charge in [0.25, 0.3) is 0 Å². The first-order valence-electron chi connectivity index (χ1n) is 13.3. The molecule has 2 aromatic rings. The maximum atomic E-state index is 13.7. The summed E-state index contributed by atoms with van der Waals surface area (Å²) in [6.07, 6.45) is 1.62. The van der Waals surface area contributed by atoms with Crippen molar-refractivity contribution in [3.63, 3.8) is 0 Å². The first kappa shape index (κ1) is 30.9. The second-order valence-corrected chi connectivity index (χ2v) is 12.3. The zero-order valence-corrected chi connectivity index (χ0v) is 24.5. The van der Waals surface area contributed by atoms with Crippen LogP contribution in [-0.2, 0) is 26.1 Å². The van der Waals surface area contributed by atoms with Gasteiger partial charge in [-0.2, -0.15) is 4.31 Å². The number of halogens is 1. The molecule has 3 amide bonds. The number of aryl methyl sites for hydroxylation is 1. The van der Waals surface area contributed by atoms with Crippen molar-refractivity contribution in [1.29, 1.82) is 0 Å². The molecule has 39 heavy (non-hydrogen) atoms. The molecule has 0 unspecified atom stereocenters. The number of likely N-dealkylation sites (tertiary alicyclic amines) is 1. The van der Waals surface area contributed by atoms with E-state index in [9.17, 15) is 18.0 Å². The quantitative estimate of drug-likeness (QED) is 0.403. The summed E-state index contributed by atoms with van der Waals surface area (Å²) in [6, 6.07) is 14.6. The van der Waals surface area contributed by atoms with E-state index in [1.165, 1.54) is 11.4 Å². The van der Waals surface area contributed by atoms with Crippen molar-refractivity contribution in [3.8, 4) is 0 Å². The molecule has 1 saturated heterocycles. The molecule has 0 aromatic heterocycles. The number of hydrogen-bond donors (Lipinski definition) is 1. The van der Waals surface area contributed by atoms with Gasteiger partial charge in [0.1, 0.15) is 0 Å². The number of carbonyl (C=O) groups is 2. The van der Waals surface area contributed by atoms with E-state index in [4.69, 9.17) is 16.3 Å². The minimum atomic E-state index is -3.61. The number of amides is 3. The van der Waals surface area contributed by atoms with Crippen LogP contribution >= 0.6 is 11.6 Å². The lowest BCUT2D eigenvalue weighted by molar-refractivity contribution is -0.135. The highest BCUT2D eigenvalue weighted by molar-refractivity contribution is 7.89. The molecule has 1 heterocycles. The first-order valence-corrected chi connectivity index (χ1v) is 15.3. The first-order chi connectivity index (χ1) is 18.6. The van der Waals surface area contributed by atoms with E-state index < -0.39 is 10.0 Å². The van der Waals surface area contributed by atoms with Gasteiger partial charge in [0.15, 0.2) is 0 Å². The van der Waals surface area contributed by atoms with Crippen molar-refractivity contribution in [1.82, 2.24) is 14.1 Å². The largest absolute Gasteiger partial charge is 0.383 e. The second-order valence-electron chi connectivity index (χ2n) is 9.75. The number of rotatable bonds is 12. The number of anilines is 1. The monoisotopic (exact) mass is 578 g/mol. The number of nitrogens with zero attached hydrogens (tertiary/aromatic N) is 3. The lowest BCUT2D eigenvalue weighted by atomic mass is 10.0. The summed E-state index contributed by atoms with van der Waals surface area (Å²) >= 11 is 6.06. The molecule has 1 aliphatic rings.